The van der Waals surface area contributed by atoms with Crippen molar-refractivity contribution in [3.05, 3.63) is 5.01 Å². The van der Waals surface area contributed by atoms with E-state index in [0.29, 0.717) is 0 Å². The minimum Gasteiger partial charge on any atom is -0.383 e. The molecule has 0 atom stereocenters. The maximum absolute atomic E-state index is 12.1. The van der Waals surface area contributed by atoms with Gasteiger partial charge in [0.1, 0.15) is 0 Å². The van der Waals surface area contributed by atoms with E-state index in [2.05, 4.69) is 15.2 Å². The van der Waals surface area contributed by atoms with Crippen LogP contribution in [0, 0.1) is 0 Å². The summed E-state index contributed by atoms with van der Waals surface area (Å²) < 4.78 is 34.4. The lowest BCUT2D eigenvalue weighted by Gasteiger charge is -2.07. The van der Waals surface area contributed by atoms with Crippen LogP contribution in [0.25, 0.3) is 0 Å². The van der Waals surface area contributed by atoms with Crippen molar-refractivity contribution in [1.82, 2.24) is 10.2 Å². The van der Waals surface area contributed by atoms with E-state index in [1.165, 1.54) is 0 Å². The van der Waals surface area contributed by atoms with Crippen LogP contribution in [0.15, 0.2) is 4.99 Å². The number of alkyl halides is 6. The summed E-state index contributed by atoms with van der Waals surface area (Å²) >= 11 is 16.2. The molecule has 0 fully saturated rings. The van der Waals surface area contributed by atoms with E-state index in [9.17, 15) is 13.2 Å². The van der Waals surface area contributed by atoms with Gasteiger partial charge in [0.2, 0.25) is 13.9 Å². The fourth-order valence-corrected chi connectivity index (χ4v) is 1.26. The SMILES string of the molecule is N/C(=N\c1nnc(C(F)(F)F)s1)C(Cl)(Cl)Cl. The molecule has 4 nitrogen and oxygen atoms in total. The number of hydrogen-bond donors (Lipinski definition) is 1. The van der Waals surface area contributed by atoms with E-state index in [4.69, 9.17) is 40.5 Å². The molecular weight excluding hydrogens is 312 g/mol. The number of halogens is 6. The molecular formula is C5H2Cl3F3N4S. The molecule has 1 heterocycles. The third-order valence-corrected chi connectivity index (χ3v) is 2.61. The Balaban J connectivity index is 2.97. The molecule has 0 radical (unpaired) electrons. The third kappa shape index (κ3) is 3.62. The van der Waals surface area contributed by atoms with E-state index >= 15 is 0 Å². The standard InChI is InChI=1S/C5H2Cl3F3N4S/c6-4(7,8)1(12)13-3-15-14-2(16-3)5(9,10)11/h(H2,12,13,15). The summed E-state index contributed by atoms with van der Waals surface area (Å²) in [5.74, 6) is -0.484. The van der Waals surface area contributed by atoms with Gasteiger partial charge >= 0.3 is 6.18 Å². The highest BCUT2D eigenvalue weighted by Crippen LogP contribution is 2.35. The van der Waals surface area contributed by atoms with Gasteiger partial charge in [-0.25, -0.2) is 4.99 Å². The summed E-state index contributed by atoms with van der Waals surface area (Å²) in [6.07, 6.45) is -4.58. The van der Waals surface area contributed by atoms with E-state index < -0.39 is 20.8 Å². The zero-order valence-electron chi connectivity index (χ0n) is 7.10. The molecule has 0 saturated carbocycles. The van der Waals surface area contributed by atoms with Gasteiger partial charge in [-0.1, -0.05) is 46.1 Å². The van der Waals surface area contributed by atoms with Crippen LogP contribution in [0.1, 0.15) is 5.01 Å². The average molecular weight is 314 g/mol. The molecule has 1 aromatic rings. The van der Waals surface area contributed by atoms with Gasteiger partial charge in [0.25, 0.3) is 0 Å². The molecule has 2 N–H and O–H groups in total. The largest absolute Gasteiger partial charge is 0.445 e. The first-order valence-corrected chi connectivity index (χ1v) is 5.38. The summed E-state index contributed by atoms with van der Waals surface area (Å²) in [5, 5.41) is 4.53. The number of hydrogen-bond acceptors (Lipinski definition) is 4. The van der Waals surface area contributed by atoms with Crippen LogP contribution in [0.5, 0.6) is 0 Å². The van der Waals surface area contributed by atoms with Crippen LogP contribution in [0.2, 0.25) is 0 Å². The molecule has 1 rings (SSSR count). The van der Waals surface area contributed by atoms with Crippen molar-refractivity contribution in [3.8, 4) is 0 Å². The second kappa shape index (κ2) is 4.52. The summed E-state index contributed by atoms with van der Waals surface area (Å²) in [4.78, 5) is 3.41. The van der Waals surface area contributed by atoms with Crippen molar-refractivity contribution in [1.29, 1.82) is 0 Å². The first kappa shape index (κ1) is 13.8. The molecule has 16 heavy (non-hydrogen) atoms. The van der Waals surface area contributed by atoms with E-state index in [1.54, 1.807) is 0 Å². The fraction of sp³-hybridized carbons (Fsp3) is 0.400. The Morgan fingerprint density at radius 3 is 2.19 bits per heavy atom. The Labute approximate surface area is 106 Å². The second-order valence-corrected chi connectivity index (χ2v) is 5.62. The molecule has 0 amide bonds. The number of amidine groups is 1. The summed E-state index contributed by atoms with van der Waals surface area (Å²) in [6, 6.07) is 0. The van der Waals surface area contributed by atoms with Crippen molar-refractivity contribution in [3.63, 3.8) is 0 Å². The normalized spacial score (nSPS) is 14.2. The van der Waals surface area contributed by atoms with Crippen LogP contribution in [-0.4, -0.2) is 19.8 Å². The predicted octanol–water partition coefficient (Wildman–Crippen LogP) is 2.92. The highest BCUT2D eigenvalue weighted by molar-refractivity contribution is 7.15. The number of aromatic nitrogens is 2. The van der Waals surface area contributed by atoms with Gasteiger partial charge in [-0.05, 0) is 0 Å². The van der Waals surface area contributed by atoms with Crippen LogP contribution >= 0.6 is 46.1 Å². The van der Waals surface area contributed by atoms with E-state index in [-0.39, 0.29) is 16.5 Å². The number of aliphatic imine (C=N–C) groups is 1. The lowest BCUT2D eigenvalue weighted by atomic mass is 10.7. The Morgan fingerprint density at radius 2 is 1.81 bits per heavy atom. The topological polar surface area (TPSA) is 64.2 Å². The molecule has 0 aliphatic heterocycles. The summed E-state index contributed by atoms with van der Waals surface area (Å²) in [5.41, 5.74) is 5.21. The minimum atomic E-state index is -4.58. The lowest BCUT2D eigenvalue weighted by Crippen LogP contribution is -2.27. The molecule has 90 valence electrons. The quantitative estimate of drug-likeness (QED) is 0.492. The molecule has 0 bridgehead atoms. The maximum Gasteiger partial charge on any atom is 0.445 e. The monoisotopic (exact) mass is 312 g/mol. The minimum absolute atomic E-state index is 0.194. The van der Waals surface area contributed by atoms with Crippen molar-refractivity contribution in [2.24, 2.45) is 10.7 Å². The van der Waals surface area contributed by atoms with Crippen LogP contribution in [0.4, 0.5) is 18.3 Å². The maximum atomic E-state index is 12.1. The molecule has 0 spiro atoms. The molecule has 0 saturated heterocycles. The van der Waals surface area contributed by atoms with Crippen molar-refractivity contribution >= 4 is 57.1 Å². The van der Waals surface area contributed by atoms with Gasteiger partial charge in [-0.2, -0.15) is 13.2 Å². The first-order valence-electron chi connectivity index (χ1n) is 3.43. The number of rotatable bonds is 1. The zero-order chi connectivity index (χ0) is 12.6. The lowest BCUT2D eigenvalue weighted by molar-refractivity contribution is -0.138. The van der Waals surface area contributed by atoms with Crippen molar-refractivity contribution < 1.29 is 13.2 Å². The smallest absolute Gasteiger partial charge is 0.383 e. The second-order valence-electron chi connectivity index (χ2n) is 2.38. The van der Waals surface area contributed by atoms with Crippen LogP contribution in [-0.2, 0) is 6.18 Å². The van der Waals surface area contributed by atoms with Crippen molar-refractivity contribution in [2.45, 2.75) is 9.97 Å². The van der Waals surface area contributed by atoms with Crippen LogP contribution in [0.3, 0.4) is 0 Å². The van der Waals surface area contributed by atoms with Gasteiger partial charge in [-0.3, -0.25) is 0 Å². The molecule has 1 aromatic heterocycles. The Bertz CT molecular complexity index is 410. The van der Waals surface area contributed by atoms with Gasteiger partial charge in [0, 0.05) is 0 Å². The van der Waals surface area contributed by atoms with E-state index in [1.807, 2.05) is 0 Å². The highest BCUT2D eigenvalue weighted by Gasteiger charge is 2.36. The predicted molar refractivity (Wildman–Crippen MR) is 56.5 cm³/mol. The van der Waals surface area contributed by atoms with Crippen LogP contribution < -0.4 is 5.73 Å². The Hall–Kier alpha value is -0.310. The highest BCUT2D eigenvalue weighted by atomic mass is 35.6. The first-order chi connectivity index (χ1) is 7.10. The molecule has 0 unspecified atom stereocenters. The molecule has 0 aliphatic rings. The number of nitrogens with two attached hydrogens (primary N) is 1. The van der Waals surface area contributed by atoms with E-state index in [0.717, 1.165) is 0 Å². The third-order valence-electron chi connectivity index (χ3n) is 1.16. The van der Waals surface area contributed by atoms with Gasteiger partial charge in [-0.15, -0.1) is 10.2 Å². The summed E-state index contributed by atoms with van der Waals surface area (Å²) in [7, 11) is 0. The number of nitrogens with zero attached hydrogens (tertiary/aromatic N) is 3. The molecule has 0 aliphatic carbocycles. The van der Waals surface area contributed by atoms with Crippen molar-refractivity contribution in [2.75, 3.05) is 0 Å². The molecule has 0 aromatic carbocycles. The fourth-order valence-electron chi connectivity index (χ4n) is 0.542. The van der Waals surface area contributed by atoms with Gasteiger partial charge in [0.05, 0.1) is 0 Å². The zero-order valence-corrected chi connectivity index (χ0v) is 10.2. The summed E-state index contributed by atoms with van der Waals surface area (Å²) in [6.45, 7) is 0. The Morgan fingerprint density at radius 1 is 1.25 bits per heavy atom. The van der Waals surface area contributed by atoms with Gasteiger partial charge < -0.3 is 5.73 Å². The molecule has 11 heteroatoms. The Kier molecular flexibility index (Phi) is 3.88. The van der Waals surface area contributed by atoms with Gasteiger partial charge in [0.15, 0.2) is 5.84 Å². The average Bonchev–Trinajstić information content (AvgIpc) is 2.49.